The van der Waals surface area contributed by atoms with Crippen LogP contribution in [0.25, 0.3) is 0 Å². The number of halogens is 1. The summed E-state index contributed by atoms with van der Waals surface area (Å²) in [7, 11) is 0. The summed E-state index contributed by atoms with van der Waals surface area (Å²) in [6.07, 6.45) is 3.24. The van der Waals surface area contributed by atoms with E-state index in [2.05, 4.69) is 6.92 Å². The lowest BCUT2D eigenvalue weighted by Crippen LogP contribution is -2.21. The fraction of sp³-hybridized carbons (Fsp3) is 1.00. The Morgan fingerprint density at radius 3 is 2.70 bits per heavy atom. The molecule has 0 heterocycles. The highest BCUT2D eigenvalue weighted by molar-refractivity contribution is 6.18. The van der Waals surface area contributed by atoms with Crippen LogP contribution in [0.1, 0.15) is 26.2 Å². The van der Waals surface area contributed by atoms with Gasteiger partial charge in [-0.25, -0.2) is 0 Å². The Kier molecular flexibility index (Phi) is 2.99. The van der Waals surface area contributed by atoms with Crippen molar-refractivity contribution in [1.82, 2.24) is 0 Å². The number of aliphatic hydroxyl groups excluding tert-OH is 1. The van der Waals surface area contributed by atoms with Crippen molar-refractivity contribution in [2.24, 2.45) is 11.8 Å². The van der Waals surface area contributed by atoms with Gasteiger partial charge in [-0.3, -0.25) is 0 Å². The van der Waals surface area contributed by atoms with Gasteiger partial charge in [0.25, 0.3) is 0 Å². The molecule has 0 aromatic carbocycles. The van der Waals surface area contributed by atoms with Crippen LogP contribution in [-0.2, 0) is 0 Å². The average Bonchev–Trinajstić information content (AvgIpc) is 2.34. The van der Waals surface area contributed by atoms with Gasteiger partial charge in [-0.1, -0.05) is 13.3 Å². The Bertz CT molecular complexity index is 105. The molecule has 1 fully saturated rings. The summed E-state index contributed by atoms with van der Waals surface area (Å²) in [5, 5.41) is 9.43. The molecule has 60 valence electrons. The van der Waals surface area contributed by atoms with E-state index in [1.165, 1.54) is 6.42 Å². The van der Waals surface area contributed by atoms with Crippen LogP contribution in [0, 0.1) is 11.8 Å². The first-order valence-corrected chi connectivity index (χ1v) is 4.53. The second-order valence-electron chi connectivity index (χ2n) is 3.29. The predicted molar refractivity (Wildman–Crippen MR) is 43.2 cm³/mol. The van der Waals surface area contributed by atoms with Gasteiger partial charge in [0.1, 0.15) is 0 Å². The van der Waals surface area contributed by atoms with E-state index >= 15 is 0 Å². The Balaban J connectivity index is 2.38. The van der Waals surface area contributed by atoms with E-state index in [0.29, 0.717) is 17.7 Å². The molecule has 3 atom stereocenters. The number of rotatable bonds is 2. The summed E-state index contributed by atoms with van der Waals surface area (Å²) in [4.78, 5) is 0. The van der Waals surface area contributed by atoms with E-state index in [0.717, 1.165) is 12.8 Å². The molecule has 0 saturated heterocycles. The van der Waals surface area contributed by atoms with Crippen LogP contribution < -0.4 is 0 Å². The SMILES string of the molecule is CC(CCl)C1CCCC1O. The van der Waals surface area contributed by atoms with Crippen molar-refractivity contribution in [3.05, 3.63) is 0 Å². The smallest absolute Gasteiger partial charge is 0.0571 e. The molecule has 2 heteroatoms. The highest BCUT2D eigenvalue weighted by atomic mass is 35.5. The van der Waals surface area contributed by atoms with Gasteiger partial charge in [-0.15, -0.1) is 11.6 Å². The molecule has 0 bridgehead atoms. The number of hydrogen-bond acceptors (Lipinski definition) is 1. The first-order valence-electron chi connectivity index (χ1n) is 3.99. The zero-order chi connectivity index (χ0) is 7.56. The van der Waals surface area contributed by atoms with E-state index in [1.54, 1.807) is 0 Å². The zero-order valence-electron chi connectivity index (χ0n) is 6.39. The van der Waals surface area contributed by atoms with Crippen molar-refractivity contribution >= 4 is 11.6 Å². The van der Waals surface area contributed by atoms with Crippen molar-refractivity contribution in [1.29, 1.82) is 0 Å². The molecule has 0 amide bonds. The van der Waals surface area contributed by atoms with Gasteiger partial charge in [0.2, 0.25) is 0 Å². The van der Waals surface area contributed by atoms with E-state index < -0.39 is 0 Å². The Labute approximate surface area is 67.4 Å². The number of aliphatic hydroxyl groups is 1. The van der Waals surface area contributed by atoms with Gasteiger partial charge in [0, 0.05) is 5.88 Å². The topological polar surface area (TPSA) is 20.2 Å². The van der Waals surface area contributed by atoms with Crippen molar-refractivity contribution in [3.63, 3.8) is 0 Å². The summed E-state index contributed by atoms with van der Waals surface area (Å²) < 4.78 is 0. The highest BCUT2D eigenvalue weighted by Crippen LogP contribution is 2.31. The lowest BCUT2D eigenvalue weighted by Gasteiger charge is -2.19. The predicted octanol–water partition coefficient (Wildman–Crippen LogP) is 2.02. The van der Waals surface area contributed by atoms with Gasteiger partial charge >= 0.3 is 0 Å². The van der Waals surface area contributed by atoms with Crippen molar-refractivity contribution in [3.8, 4) is 0 Å². The molecule has 0 aliphatic heterocycles. The van der Waals surface area contributed by atoms with Crippen LogP contribution in [0.5, 0.6) is 0 Å². The molecule has 0 aromatic heterocycles. The largest absolute Gasteiger partial charge is 0.393 e. The molecule has 1 N–H and O–H groups in total. The fourth-order valence-electron chi connectivity index (χ4n) is 1.75. The van der Waals surface area contributed by atoms with Crippen LogP contribution in [0.3, 0.4) is 0 Å². The van der Waals surface area contributed by atoms with E-state index in [9.17, 15) is 5.11 Å². The maximum atomic E-state index is 9.43. The third-order valence-electron chi connectivity index (χ3n) is 2.51. The number of alkyl halides is 1. The second kappa shape index (κ2) is 3.59. The molecule has 3 unspecified atom stereocenters. The molecule has 0 radical (unpaired) electrons. The number of hydrogen-bond donors (Lipinski definition) is 1. The quantitative estimate of drug-likeness (QED) is 0.616. The van der Waals surface area contributed by atoms with Gasteiger partial charge < -0.3 is 5.11 Å². The van der Waals surface area contributed by atoms with Crippen molar-refractivity contribution in [2.45, 2.75) is 32.3 Å². The molecule has 1 aliphatic carbocycles. The molecule has 1 saturated carbocycles. The van der Waals surface area contributed by atoms with Gasteiger partial charge in [0.15, 0.2) is 0 Å². The lowest BCUT2D eigenvalue weighted by atomic mass is 9.92. The average molecular weight is 163 g/mol. The lowest BCUT2D eigenvalue weighted by molar-refractivity contribution is 0.109. The summed E-state index contributed by atoms with van der Waals surface area (Å²) in [5.74, 6) is 1.64. The van der Waals surface area contributed by atoms with Crippen molar-refractivity contribution in [2.75, 3.05) is 5.88 Å². The normalized spacial score (nSPS) is 36.3. The van der Waals surface area contributed by atoms with Gasteiger partial charge in [-0.05, 0) is 24.7 Å². The molecular weight excluding hydrogens is 148 g/mol. The van der Waals surface area contributed by atoms with Crippen LogP contribution in [0.15, 0.2) is 0 Å². The summed E-state index contributed by atoms with van der Waals surface area (Å²) >= 11 is 5.69. The summed E-state index contributed by atoms with van der Waals surface area (Å²) in [5.41, 5.74) is 0. The molecule has 10 heavy (non-hydrogen) atoms. The fourth-order valence-corrected chi connectivity index (χ4v) is 1.98. The Morgan fingerprint density at radius 2 is 2.30 bits per heavy atom. The van der Waals surface area contributed by atoms with Crippen LogP contribution >= 0.6 is 11.6 Å². The monoisotopic (exact) mass is 162 g/mol. The minimum Gasteiger partial charge on any atom is -0.393 e. The standard InChI is InChI=1S/C8H15ClO/c1-6(5-9)7-3-2-4-8(7)10/h6-8,10H,2-5H2,1H3. The highest BCUT2D eigenvalue weighted by Gasteiger charge is 2.29. The van der Waals surface area contributed by atoms with Gasteiger partial charge in [0.05, 0.1) is 6.10 Å². The minimum absolute atomic E-state index is 0.0752. The molecular formula is C8H15ClO. The molecule has 0 spiro atoms. The zero-order valence-corrected chi connectivity index (χ0v) is 7.14. The first-order chi connectivity index (χ1) is 4.75. The Hall–Kier alpha value is 0.250. The molecule has 0 aromatic rings. The minimum atomic E-state index is -0.0752. The van der Waals surface area contributed by atoms with E-state index in [4.69, 9.17) is 11.6 Å². The van der Waals surface area contributed by atoms with Crippen LogP contribution in [0.2, 0.25) is 0 Å². The maximum Gasteiger partial charge on any atom is 0.0571 e. The summed E-state index contributed by atoms with van der Waals surface area (Å²) in [6, 6.07) is 0. The Morgan fingerprint density at radius 1 is 1.60 bits per heavy atom. The van der Waals surface area contributed by atoms with E-state index in [1.807, 2.05) is 0 Å². The molecule has 1 aliphatic rings. The molecule has 1 nitrogen and oxygen atoms in total. The first kappa shape index (κ1) is 8.35. The molecule has 1 rings (SSSR count). The third kappa shape index (κ3) is 1.64. The van der Waals surface area contributed by atoms with E-state index in [-0.39, 0.29) is 6.10 Å². The summed E-state index contributed by atoms with van der Waals surface area (Å²) in [6.45, 7) is 2.12. The van der Waals surface area contributed by atoms with Crippen LogP contribution in [-0.4, -0.2) is 17.1 Å². The third-order valence-corrected chi connectivity index (χ3v) is 2.99. The van der Waals surface area contributed by atoms with Gasteiger partial charge in [-0.2, -0.15) is 0 Å². The van der Waals surface area contributed by atoms with Crippen molar-refractivity contribution < 1.29 is 5.11 Å². The maximum absolute atomic E-state index is 9.43. The van der Waals surface area contributed by atoms with Crippen LogP contribution in [0.4, 0.5) is 0 Å². The second-order valence-corrected chi connectivity index (χ2v) is 3.60.